The minimum atomic E-state index is -0.415. The quantitative estimate of drug-likeness (QED) is 0.577. The van der Waals surface area contributed by atoms with Crippen LogP contribution in [0.3, 0.4) is 0 Å². The van der Waals surface area contributed by atoms with E-state index >= 15 is 0 Å². The van der Waals surface area contributed by atoms with Gasteiger partial charge in [-0.2, -0.15) is 0 Å². The van der Waals surface area contributed by atoms with E-state index in [0.29, 0.717) is 29.5 Å². The van der Waals surface area contributed by atoms with Gasteiger partial charge in [0, 0.05) is 42.4 Å². The van der Waals surface area contributed by atoms with Crippen LogP contribution in [0.25, 0.3) is 11.0 Å². The second-order valence-corrected chi connectivity index (χ2v) is 7.82. The molecule has 4 rings (SSSR count). The smallest absolute Gasteiger partial charge is 0.407 e. The summed E-state index contributed by atoms with van der Waals surface area (Å²) in [5.74, 6) is 0.387. The molecule has 10 heteroatoms. The molecule has 1 fully saturated rings. The van der Waals surface area contributed by atoms with Crippen molar-refractivity contribution in [2.75, 3.05) is 13.1 Å². The zero-order chi connectivity index (χ0) is 21.1. The molecule has 2 aliphatic rings. The number of fused-ring (bicyclic) bond motifs is 1. The minimum Gasteiger partial charge on any atom is -0.446 e. The number of nitrogens with zero attached hydrogens (tertiary/aromatic N) is 2. The van der Waals surface area contributed by atoms with Gasteiger partial charge < -0.3 is 25.7 Å². The molecule has 2 aromatic heterocycles. The van der Waals surface area contributed by atoms with Gasteiger partial charge in [0.05, 0.1) is 11.6 Å². The van der Waals surface area contributed by atoms with Crippen molar-refractivity contribution in [3.05, 3.63) is 40.7 Å². The number of alkyl carbamates (subject to hydrolysis) is 1. The third kappa shape index (κ3) is 4.51. The second-order valence-electron chi connectivity index (χ2n) is 7.39. The number of pyridine rings is 1. The first-order valence-corrected chi connectivity index (χ1v) is 10.5. The molecule has 0 bridgehead atoms. The molecule has 2 aromatic rings. The number of amides is 1. The molecule has 8 nitrogen and oxygen atoms in total. The zero-order valence-electron chi connectivity index (χ0n) is 16.6. The molecule has 1 aliphatic carbocycles. The highest BCUT2D eigenvalue weighted by Crippen LogP contribution is 2.25. The summed E-state index contributed by atoms with van der Waals surface area (Å²) in [6.07, 6.45) is 5.89. The van der Waals surface area contributed by atoms with E-state index in [1.54, 1.807) is 18.5 Å². The molecule has 1 aliphatic heterocycles. The largest absolute Gasteiger partial charge is 0.446 e. The Morgan fingerprint density at radius 1 is 1.43 bits per heavy atom. The fraction of sp³-hybridized carbons (Fsp3) is 0.450. The van der Waals surface area contributed by atoms with Gasteiger partial charge in [0.25, 0.3) is 0 Å². The highest BCUT2D eigenvalue weighted by Gasteiger charge is 2.27. The number of aromatic amines is 1. The Morgan fingerprint density at radius 2 is 2.30 bits per heavy atom. The Hall–Kier alpha value is -2.81. The van der Waals surface area contributed by atoms with Crippen molar-refractivity contribution in [1.82, 2.24) is 25.9 Å². The van der Waals surface area contributed by atoms with Crippen molar-refractivity contribution in [2.24, 2.45) is 4.99 Å². The molecule has 30 heavy (non-hydrogen) atoms. The van der Waals surface area contributed by atoms with Crippen molar-refractivity contribution in [1.29, 1.82) is 0 Å². The fourth-order valence-electron chi connectivity index (χ4n) is 3.81. The van der Waals surface area contributed by atoms with Gasteiger partial charge in [-0.1, -0.05) is 11.6 Å². The van der Waals surface area contributed by atoms with Crippen LogP contribution in [-0.4, -0.2) is 47.1 Å². The van der Waals surface area contributed by atoms with Crippen LogP contribution in [0, 0.1) is 0 Å². The molecule has 3 heterocycles. The Morgan fingerprint density at radius 3 is 3.13 bits per heavy atom. The molecular formula is C20H24ClFN6O2. The lowest BCUT2D eigenvalue weighted by Gasteiger charge is -2.31. The molecule has 160 valence electrons. The maximum absolute atomic E-state index is 14.5. The monoisotopic (exact) mass is 434 g/mol. The van der Waals surface area contributed by atoms with E-state index in [-0.39, 0.29) is 30.3 Å². The number of aromatic nitrogens is 2. The Bertz CT molecular complexity index is 1000. The lowest BCUT2D eigenvalue weighted by molar-refractivity contribution is 0.0675. The van der Waals surface area contributed by atoms with E-state index in [2.05, 4.69) is 30.9 Å². The number of amidine groups is 1. The zero-order valence-corrected chi connectivity index (χ0v) is 17.4. The first-order valence-electron chi connectivity index (χ1n) is 10.1. The average Bonchev–Trinajstić information content (AvgIpc) is 3.13. The van der Waals surface area contributed by atoms with Crippen LogP contribution in [0.2, 0.25) is 5.02 Å². The lowest BCUT2D eigenvalue weighted by atomic mass is 9.93. The number of carbonyl (C=O) groups excluding carboxylic acids is 1. The van der Waals surface area contributed by atoms with Crippen LogP contribution >= 0.6 is 11.6 Å². The molecule has 0 radical (unpaired) electrons. The highest BCUT2D eigenvalue weighted by atomic mass is 35.5. The van der Waals surface area contributed by atoms with Crippen molar-refractivity contribution in [3.63, 3.8) is 0 Å². The van der Waals surface area contributed by atoms with E-state index in [4.69, 9.17) is 16.3 Å². The minimum absolute atomic E-state index is 0.0268. The molecule has 2 atom stereocenters. The van der Waals surface area contributed by atoms with Gasteiger partial charge in [0.15, 0.2) is 11.6 Å². The average molecular weight is 435 g/mol. The number of hydrogen-bond acceptors (Lipinski definition) is 6. The number of aliphatic imine (C=N–C) groups is 1. The molecule has 0 spiro atoms. The summed E-state index contributed by atoms with van der Waals surface area (Å²) in [7, 11) is 0. The summed E-state index contributed by atoms with van der Waals surface area (Å²) in [6.45, 7) is 2.39. The molecule has 0 aromatic carbocycles. The van der Waals surface area contributed by atoms with E-state index in [1.165, 1.54) is 0 Å². The Balaban J connectivity index is 1.49. The summed E-state index contributed by atoms with van der Waals surface area (Å²) in [4.78, 5) is 23.5. The van der Waals surface area contributed by atoms with Crippen molar-refractivity contribution in [2.45, 2.75) is 44.8 Å². The normalized spacial score (nSPS) is 21.8. The van der Waals surface area contributed by atoms with Crippen molar-refractivity contribution in [3.8, 4) is 0 Å². The first-order chi connectivity index (χ1) is 14.5. The Labute approximate surface area is 178 Å². The number of ether oxygens (including phenoxy) is 1. The number of carbonyl (C=O) groups is 1. The number of hydrogen-bond donors (Lipinski definition) is 4. The molecule has 0 saturated heterocycles. The van der Waals surface area contributed by atoms with Crippen LogP contribution in [0.1, 0.15) is 38.2 Å². The van der Waals surface area contributed by atoms with Crippen LogP contribution in [0.15, 0.2) is 35.1 Å². The topological polar surface area (TPSA) is 103 Å². The third-order valence-corrected chi connectivity index (χ3v) is 5.41. The standard InChI is InChI=1S/C20H24ClFN6O2/c1-2-23-20(29)30-13-5-3-4-12(7-13)27-19-16(22)10-26-18(28-19)15-9-25-17-14(15)6-11(21)8-24-17/h6,8-9,12-13,27H,2-5,7,10H2,1H3,(H,23,29)(H,24,25)(H,26,28). The summed E-state index contributed by atoms with van der Waals surface area (Å²) in [5.41, 5.74) is 1.45. The SMILES string of the molecule is CCNC(=O)OC1CCCC(NC2=C(F)CNC(c3c[nH]c4ncc(Cl)cc34)=N2)C1. The lowest BCUT2D eigenvalue weighted by Crippen LogP contribution is -2.41. The van der Waals surface area contributed by atoms with Crippen molar-refractivity contribution >= 4 is 34.6 Å². The highest BCUT2D eigenvalue weighted by molar-refractivity contribution is 6.31. The van der Waals surface area contributed by atoms with E-state index in [0.717, 1.165) is 30.2 Å². The third-order valence-electron chi connectivity index (χ3n) is 5.21. The van der Waals surface area contributed by atoms with Gasteiger partial charge >= 0.3 is 6.09 Å². The van der Waals surface area contributed by atoms with Crippen molar-refractivity contribution < 1.29 is 13.9 Å². The summed E-state index contributed by atoms with van der Waals surface area (Å²) in [6, 6.07) is 1.77. The summed E-state index contributed by atoms with van der Waals surface area (Å²) < 4.78 is 20.0. The van der Waals surface area contributed by atoms with Gasteiger partial charge in [-0.05, 0) is 32.3 Å². The number of rotatable bonds is 5. The number of H-pyrrole nitrogens is 1. The van der Waals surface area contributed by atoms with Gasteiger partial charge in [0.2, 0.25) is 0 Å². The molecular weight excluding hydrogens is 411 g/mol. The van der Waals surface area contributed by atoms with Crippen LogP contribution in [0.5, 0.6) is 0 Å². The molecule has 4 N–H and O–H groups in total. The first kappa shape index (κ1) is 20.5. The number of nitrogens with one attached hydrogen (secondary N) is 4. The van der Waals surface area contributed by atoms with Crippen LogP contribution < -0.4 is 16.0 Å². The van der Waals surface area contributed by atoms with Crippen LogP contribution in [0.4, 0.5) is 9.18 Å². The maximum Gasteiger partial charge on any atom is 0.407 e. The predicted octanol–water partition coefficient (Wildman–Crippen LogP) is 3.35. The van der Waals surface area contributed by atoms with Crippen LogP contribution in [-0.2, 0) is 4.74 Å². The summed E-state index contributed by atoms with van der Waals surface area (Å²) in [5, 5.41) is 10.2. The van der Waals surface area contributed by atoms with E-state index in [9.17, 15) is 9.18 Å². The Kier molecular flexibility index (Phi) is 6.08. The second kappa shape index (κ2) is 8.91. The van der Waals surface area contributed by atoms with Gasteiger partial charge in [-0.15, -0.1) is 0 Å². The summed E-state index contributed by atoms with van der Waals surface area (Å²) >= 11 is 6.08. The van der Waals surface area contributed by atoms with Gasteiger partial charge in [0.1, 0.15) is 17.6 Å². The maximum atomic E-state index is 14.5. The predicted molar refractivity (Wildman–Crippen MR) is 113 cm³/mol. The number of halogens is 2. The molecule has 2 unspecified atom stereocenters. The molecule has 1 saturated carbocycles. The van der Waals surface area contributed by atoms with Gasteiger partial charge in [-0.25, -0.2) is 19.2 Å². The fourth-order valence-corrected chi connectivity index (χ4v) is 3.97. The molecule has 1 amide bonds. The van der Waals surface area contributed by atoms with E-state index in [1.807, 2.05) is 6.92 Å². The van der Waals surface area contributed by atoms with E-state index < -0.39 is 6.09 Å². The van der Waals surface area contributed by atoms with Gasteiger partial charge in [-0.3, -0.25) is 0 Å².